The number of benzene rings is 3. The van der Waals surface area contributed by atoms with Crippen molar-refractivity contribution < 1.29 is 14.6 Å². The average Bonchev–Trinajstić information content (AvgIpc) is 2.66. The molecule has 0 spiro atoms. The number of carbonyl (C=O) groups is 1. The zero-order valence-corrected chi connectivity index (χ0v) is 14.2. The topological polar surface area (TPSA) is 70.6 Å². The Hall–Kier alpha value is -3.31. The minimum absolute atomic E-state index is 0.0219. The molecular formula is C21H20N2O3. The molecule has 26 heavy (non-hydrogen) atoms. The van der Waals surface area contributed by atoms with Gasteiger partial charge < -0.3 is 20.5 Å². The molecule has 2 amide bonds. The van der Waals surface area contributed by atoms with E-state index >= 15 is 0 Å². The third-order valence-corrected chi connectivity index (χ3v) is 3.75. The van der Waals surface area contributed by atoms with Gasteiger partial charge in [-0.25, -0.2) is 4.79 Å². The molecular weight excluding hydrogens is 328 g/mol. The molecule has 3 aromatic rings. The first kappa shape index (κ1) is 17.5. The fourth-order valence-corrected chi connectivity index (χ4v) is 2.53. The third-order valence-electron chi connectivity index (χ3n) is 3.75. The number of nitrogens with one attached hydrogen (secondary N) is 2. The van der Waals surface area contributed by atoms with Crippen LogP contribution in [0.5, 0.6) is 11.5 Å². The summed E-state index contributed by atoms with van der Waals surface area (Å²) in [4.78, 5) is 12.4. The van der Waals surface area contributed by atoms with Gasteiger partial charge in [0.1, 0.15) is 5.75 Å². The van der Waals surface area contributed by atoms with Gasteiger partial charge in [-0.2, -0.15) is 0 Å². The van der Waals surface area contributed by atoms with Crippen molar-refractivity contribution >= 4 is 17.4 Å². The Morgan fingerprint density at radius 3 is 2.19 bits per heavy atom. The second-order valence-electron chi connectivity index (χ2n) is 5.62. The average molecular weight is 348 g/mol. The van der Waals surface area contributed by atoms with Crippen molar-refractivity contribution in [2.45, 2.75) is 6.42 Å². The second kappa shape index (κ2) is 8.69. The highest BCUT2D eigenvalue weighted by molar-refractivity contribution is 6.01. The van der Waals surface area contributed by atoms with E-state index in [1.54, 1.807) is 18.2 Å². The van der Waals surface area contributed by atoms with Crippen molar-refractivity contribution in [2.75, 3.05) is 17.2 Å². The lowest BCUT2D eigenvalue weighted by Gasteiger charge is -2.14. The molecule has 0 heterocycles. The fraction of sp³-hybridized carbons (Fsp3) is 0.0952. The van der Waals surface area contributed by atoms with Gasteiger partial charge in [-0.05, 0) is 42.3 Å². The number of ether oxygens (including phenoxy) is 1. The van der Waals surface area contributed by atoms with E-state index < -0.39 is 0 Å². The minimum atomic E-state index is -0.375. The number of hydrogen-bond donors (Lipinski definition) is 3. The van der Waals surface area contributed by atoms with E-state index in [0.717, 1.165) is 5.56 Å². The van der Waals surface area contributed by atoms with Crippen LogP contribution in [0.3, 0.4) is 0 Å². The van der Waals surface area contributed by atoms with E-state index in [4.69, 9.17) is 9.84 Å². The Labute approximate surface area is 152 Å². The molecule has 0 aliphatic heterocycles. The summed E-state index contributed by atoms with van der Waals surface area (Å²) in [7, 11) is 0. The molecule has 5 nitrogen and oxygen atoms in total. The maximum atomic E-state index is 12.4. The van der Waals surface area contributed by atoms with Gasteiger partial charge in [0, 0.05) is 12.3 Å². The van der Waals surface area contributed by atoms with Crippen LogP contribution in [0, 0.1) is 0 Å². The van der Waals surface area contributed by atoms with Gasteiger partial charge in [0.15, 0.2) is 5.75 Å². The minimum Gasteiger partial charge on any atom is -0.455 e. The number of anilines is 2. The van der Waals surface area contributed by atoms with Crippen LogP contribution in [0.4, 0.5) is 16.2 Å². The molecule has 0 saturated heterocycles. The molecule has 0 radical (unpaired) electrons. The molecule has 132 valence electrons. The van der Waals surface area contributed by atoms with E-state index in [0.29, 0.717) is 29.3 Å². The molecule has 0 aromatic heterocycles. The summed E-state index contributed by atoms with van der Waals surface area (Å²) in [6.07, 6.45) is 0.476. The van der Waals surface area contributed by atoms with Gasteiger partial charge in [-0.3, -0.25) is 0 Å². The predicted molar refractivity (Wildman–Crippen MR) is 103 cm³/mol. The van der Waals surface area contributed by atoms with Crippen molar-refractivity contribution in [3.05, 3.63) is 84.4 Å². The highest BCUT2D eigenvalue weighted by Gasteiger charge is 2.10. The van der Waals surface area contributed by atoms with Gasteiger partial charge >= 0.3 is 6.03 Å². The molecule has 0 saturated carbocycles. The number of amides is 2. The number of hydrogen-bond acceptors (Lipinski definition) is 3. The summed E-state index contributed by atoms with van der Waals surface area (Å²) in [6.45, 7) is 0.0219. The largest absolute Gasteiger partial charge is 0.455 e. The number of urea groups is 1. The van der Waals surface area contributed by atoms with Crippen molar-refractivity contribution in [1.82, 2.24) is 0 Å². The number of rotatable bonds is 6. The molecule has 3 aromatic carbocycles. The maximum absolute atomic E-state index is 12.4. The Bertz CT molecular complexity index is 866. The van der Waals surface area contributed by atoms with Crippen LogP contribution >= 0.6 is 0 Å². The van der Waals surface area contributed by atoms with Crippen LogP contribution in [0.15, 0.2) is 78.9 Å². The first-order valence-corrected chi connectivity index (χ1v) is 8.35. The summed E-state index contributed by atoms with van der Waals surface area (Å²) in [5.74, 6) is 1.24. The molecule has 0 fully saturated rings. The third kappa shape index (κ3) is 4.62. The Morgan fingerprint density at radius 1 is 0.808 bits per heavy atom. The van der Waals surface area contributed by atoms with Gasteiger partial charge in [-0.15, -0.1) is 0 Å². The Morgan fingerprint density at radius 2 is 1.42 bits per heavy atom. The summed E-state index contributed by atoms with van der Waals surface area (Å²) in [6, 6.07) is 23.6. The lowest BCUT2D eigenvalue weighted by Crippen LogP contribution is -2.20. The predicted octanol–water partition coefficient (Wildman–Crippen LogP) is 4.66. The quantitative estimate of drug-likeness (QED) is 0.607. The summed E-state index contributed by atoms with van der Waals surface area (Å²) in [5.41, 5.74) is 2.10. The van der Waals surface area contributed by atoms with E-state index in [9.17, 15) is 4.79 Å². The zero-order chi connectivity index (χ0) is 18.2. The van der Waals surface area contributed by atoms with Crippen molar-refractivity contribution in [3.63, 3.8) is 0 Å². The van der Waals surface area contributed by atoms with Gasteiger partial charge in [0.05, 0.1) is 5.69 Å². The van der Waals surface area contributed by atoms with Crippen LogP contribution in [0.25, 0.3) is 0 Å². The smallest absolute Gasteiger partial charge is 0.323 e. The van der Waals surface area contributed by atoms with Gasteiger partial charge in [-0.1, -0.05) is 48.5 Å². The van der Waals surface area contributed by atoms with Crippen molar-refractivity contribution in [2.24, 2.45) is 0 Å². The SMILES string of the molecule is O=C(Nc1ccccc1CCO)Nc1ccccc1Oc1ccccc1. The molecule has 0 bridgehead atoms. The standard InChI is InChI=1S/C21H20N2O3/c24-15-14-16-8-4-5-11-18(16)22-21(25)23-19-12-6-7-13-20(19)26-17-9-2-1-3-10-17/h1-13,24H,14-15H2,(H2,22,23,25). The highest BCUT2D eigenvalue weighted by Crippen LogP contribution is 2.29. The van der Waals surface area contributed by atoms with Crippen LogP contribution in [-0.2, 0) is 6.42 Å². The molecule has 0 unspecified atom stereocenters. The first-order valence-electron chi connectivity index (χ1n) is 8.35. The van der Waals surface area contributed by atoms with Crippen molar-refractivity contribution in [3.8, 4) is 11.5 Å². The molecule has 0 atom stereocenters. The van der Waals surface area contributed by atoms with Crippen LogP contribution < -0.4 is 15.4 Å². The number of aliphatic hydroxyl groups excluding tert-OH is 1. The first-order chi connectivity index (χ1) is 12.8. The highest BCUT2D eigenvalue weighted by atomic mass is 16.5. The summed E-state index contributed by atoms with van der Waals surface area (Å²) in [5, 5.41) is 14.8. The van der Waals surface area contributed by atoms with E-state index in [1.165, 1.54) is 0 Å². The molecule has 3 N–H and O–H groups in total. The summed E-state index contributed by atoms with van der Waals surface area (Å²) < 4.78 is 5.85. The van der Waals surface area contributed by atoms with E-state index in [-0.39, 0.29) is 12.6 Å². The van der Waals surface area contributed by atoms with Gasteiger partial charge in [0.2, 0.25) is 0 Å². The number of para-hydroxylation sites is 4. The molecule has 0 aliphatic rings. The summed E-state index contributed by atoms with van der Waals surface area (Å²) >= 11 is 0. The van der Waals surface area contributed by atoms with Crippen molar-refractivity contribution in [1.29, 1.82) is 0 Å². The fourth-order valence-electron chi connectivity index (χ4n) is 2.53. The number of aliphatic hydroxyl groups is 1. The monoisotopic (exact) mass is 348 g/mol. The lowest BCUT2D eigenvalue weighted by atomic mass is 10.1. The van der Waals surface area contributed by atoms with Gasteiger partial charge in [0.25, 0.3) is 0 Å². The van der Waals surface area contributed by atoms with E-state index in [1.807, 2.05) is 60.7 Å². The maximum Gasteiger partial charge on any atom is 0.323 e. The van der Waals surface area contributed by atoms with Crippen LogP contribution in [0.1, 0.15) is 5.56 Å². The molecule has 5 heteroatoms. The Kier molecular flexibility index (Phi) is 5.85. The normalized spacial score (nSPS) is 10.2. The molecule has 3 rings (SSSR count). The van der Waals surface area contributed by atoms with E-state index in [2.05, 4.69) is 10.6 Å². The second-order valence-corrected chi connectivity index (χ2v) is 5.62. The molecule has 0 aliphatic carbocycles. The number of carbonyl (C=O) groups excluding carboxylic acids is 1. The van der Waals surface area contributed by atoms with Crippen LogP contribution in [0.2, 0.25) is 0 Å². The Balaban J connectivity index is 1.72. The zero-order valence-electron chi connectivity index (χ0n) is 14.2. The van der Waals surface area contributed by atoms with Crippen LogP contribution in [-0.4, -0.2) is 17.7 Å². The lowest BCUT2D eigenvalue weighted by molar-refractivity contribution is 0.262.